The van der Waals surface area contributed by atoms with Crippen LogP contribution < -0.4 is 9.47 Å². The van der Waals surface area contributed by atoms with Gasteiger partial charge in [-0.3, -0.25) is 4.79 Å². The fourth-order valence-corrected chi connectivity index (χ4v) is 7.52. The Morgan fingerprint density at radius 1 is 0.620 bits per heavy atom. The highest BCUT2D eigenvalue weighted by Crippen LogP contribution is 2.39. The summed E-state index contributed by atoms with van der Waals surface area (Å²) < 4.78 is 38.6. The van der Waals surface area contributed by atoms with Gasteiger partial charge in [-0.15, -0.1) is 0 Å². The van der Waals surface area contributed by atoms with E-state index in [-0.39, 0.29) is 26.7 Å². The van der Waals surface area contributed by atoms with Crippen LogP contribution in [0, 0.1) is 0 Å². The van der Waals surface area contributed by atoms with Gasteiger partial charge in [0.25, 0.3) is 0 Å². The molecule has 1 saturated heterocycles. The summed E-state index contributed by atoms with van der Waals surface area (Å²) in [4.78, 5) is 18.0. The van der Waals surface area contributed by atoms with E-state index in [0.29, 0.717) is 30.1 Å². The van der Waals surface area contributed by atoms with E-state index in [2.05, 4.69) is 76.0 Å². The number of carbonyl (C=O) groups excluding carboxylic acids is 1. The zero-order valence-electron chi connectivity index (χ0n) is 30.8. The summed E-state index contributed by atoms with van der Waals surface area (Å²) in [6.07, 6.45) is 1.14. The number of ether oxygens (including phenoxy) is 2. The molecule has 0 saturated carbocycles. The van der Waals surface area contributed by atoms with Gasteiger partial charge in [0.2, 0.25) is 15.7 Å². The lowest BCUT2D eigenvalue weighted by Gasteiger charge is -2.35. The number of benzene rings is 4. The molecule has 1 amide bonds. The Balaban J connectivity index is 1.32. The molecule has 0 bridgehead atoms. The Morgan fingerprint density at radius 2 is 1.04 bits per heavy atom. The molecule has 0 aromatic heterocycles. The van der Waals surface area contributed by atoms with Gasteiger partial charge in [-0.05, 0) is 117 Å². The highest BCUT2D eigenvalue weighted by Gasteiger charge is 2.31. The van der Waals surface area contributed by atoms with E-state index in [1.807, 2.05) is 37.8 Å². The fraction of sp³-hybridized carbons (Fsp3) is 0.405. The smallest absolute Gasteiger partial charge is 0.222 e. The monoisotopic (exact) mass is 696 g/mol. The Labute approximate surface area is 299 Å². The lowest BCUT2D eigenvalue weighted by atomic mass is 9.72. The molecule has 8 heteroatoms. The zero-order valence-corrected chi connectivity index (χ0v) is 31.6. The third-order valence-electron chi connectivity index (χ3n) is 9.50. The Kier molecular flexibility index (Phi) is 10.8. The van der Waals surface area contributed by atoms with E-state index in [1.165, 1.54) is 11.1 Å². The molecule has 4 aromatic rings. The van der Waals surface area contributed by atoms with Crippen LogP contribution >= 0.6 is 0 Å². The van der Waals surface area contributed by atoms with Gasteiger partial charge in [-0.1, -0.05) is 64.1 Å². The zero-order chi connectivity index (χ0) is 36.3. The van der Waals surface area contributed by atoms with Crippen LogP contribution in [0.25, 0.3) is 0 Å². The quantitative estimate of drug-likeness (QED) is 0.165. The molecule has 4 aromatic carbocycles. The summed E-state index contributed by atoms with van der Waals surface area (Å²) in [6.45, 7) is 18.0. The number of sulfone groups is 1. The Bertz CT molecular complexity index is 1850. The molecule has 1 fully saturated rings. The first-order valence-electron chi connectivity index (χ1n) is 17.4. The lowest BCUT2D eigenvalue weighted by Crippen LogP contribution is -2.47. The van der Waals surface area contributed by atoms with Gasteiger partial charge in [0.15, 0.2) is 0 Å². The van der Waals surface area contributed by atoms with Crippen molar-refractivity contribution in [3.05, 3.63) is 114 Å². The number of hydrogen-bond acceptors (Lipinski definition) is 6. The molecular formula is C42H52N2O5S. The van der Waals surface area contributed by atoms with Crippen LogP contribution in [-0.2, 0) is 25.5 Å². The van der Waals surface area contributed by atoms with Crippen LogP contribution in [0.15, 0.2) is 107 Å². The standard InChI is InChI=1S/C42H52N2O5S/c1-40(2,3)31-9-11-32(12-10-31)42(7,26-25-39(45)44-29-27-43(8)28-30-44)33-13-15-34(16-14-33)48-35-17-21-37(22-18-35)50(46,47)38-23-19-36(20-24-38)49-41(4,5)6/h9-24H,25-30H2,1-8H3. The molecular weight excluding hydrogens is 645 g/mol. The van der Waals surface area contributed by atoms with Crippen LogP contribution in [0.4, 0.5) is 0 Å². The molecule has 0 N–H and O–H groups in total. The van der Waals surface area contributed by atoms with Crippen molar-refractivity contribution >= 4 is 15.7 Å². The molecule has 7 nitrogen and oxygen atoms in total. The summed E-state index contributed by atoms with van der Waals surface area (Å²) in [6, 6.07) is 29.8. The first-order chi connectivity index (χ1) is 23.4. The molecule has 0 aliphatic carbocycles. The van der Waals surface area contributed by atoms with Crippen LogP contribution in [0.2, 0.25) is 0 Å². The highest BCUT2D eigenvalue weighted by atomic mass is 32.2. The van der Waals surface area contributed by atoms with Crippen molar-refractivity contribution in [2.24, 2.45) is 0 Å². The molecule has 1 aliphatic rings. The van der Waals surface area contributed by atoms with Crippen molar-refractivity contribution in [1.82, 2.24) is 9.80 Å². The number of hydrogen-bond donors (Lipinski definition) is 0. The third-order valence-corrected chi connectivity index (χ3v) is 11.3. The topological polar surface area (TPSA) is 76.2 Å². The predicted octanol–water partition coefficient (Wildman–Crippen LogP) is 8.65. The van der Waals surface area contributed by atoms with E-state index in [0.717, 1.165) is 31.7 Å². The molecule has 1 unspecified atom stereocenters. The van der Waals surface area contributed by atoms with Gasteiger partial charge in [-0.25, -0.2) is 8.42 Å². The van der Waals surface area contributed by atoms with Crippen LogP contribution in [0.1, 0.15) is 78.0 Å². The van der Waals surface area contributed by atoms with Gasteiger partial charge in [0, 0.05) is 38.0 Å². The predicted molar refractivity (Wildman–Crippen MR) is 200 cm³/mol. The molecule has 1 aliphatic heterocycles. The highest BCUT2D eigenvalue weighted by molar-refractivity contribution is 7.91. The molecule has 1 atom stereocenters. The van der Waals surface area contributed by atoms with E-state index >= 15 is 0 Å². The first kappa shape index (κ1) is 37.1. The summed E-state index contributed by atoms with van der Waals surface area (Å²) in [5.41, 5.74) is 2.80. The van der Waals surface area contributed by atoms with Crippen molar-refractivity contribution in [2.75, 3.05) is 33.2 Å². The number of likely N-dealkylation sites (N-methyl/N-ethyl adjacent to an activating group) is 1. The largest absolute Gasteiger partial charge is 0.488 e. The average Bonchev–Trinajstić information content (AvgIpc) is 3.07. The fourth-order valence-electron chi connectivity index (χ4n) is 6.25. The molecule has 50 heavy (non-hydrogen) atoms. The van der Waals surface area contributed by atoms with Crippen LogP contribution in [0.3, 0.4) is 0 Å². The van der Waals surface area contributed by atoms with E-state index in [4.69, 9.17) is 9.47 Å². The van der Waals surface area contributed by atoms with Gasteiger partial charge in [0.1, 0.15) is 22.8 Å². The summed E-state index contributed by atoms with van der Waals surface area (Å²) in [5, 5.41) is 0. The summed E-state index contributed by atoms with van der Waals surface area (Å²) >= 11 is 0. The Morgan fingerprint density at radius 3 is 1.50 bits per heavy atom. The second-order valence-electron chi connectivity index (χ2n) is 15.6. The van der Waals surface area contributed by atoms with E-state index < -0.39 is 15.3 Å². The van der Waals surface area contributed by atoms with Crippen molar-refractivity contribution in [1.29, 1.82) is 0 Å². The molecule has 0 radical (unpaired) electrons. The van der Waals surface area contributed by atoms with Crippen molar-refractivity contribution < 1.29 is 22.7 Å². The average molecular weight is 697 g/mol. The van der Waals surface area contributed by atoms with E-state index in [9.17, 15) is 13.2 Å². The number of amides is 1. The van der Waals surface area contributed by atoms with E-state index in [1.54, 1.807) is 48.5 Å². The maximum atomic E-state index is 13.3. The van der Waals surface area contributed by atoms with Crippen LogP contribution in [0.5, 0.6) is 17.2 Å². The number of piperazine rings is 1. The second kappa shape index (κ2) is 14.6. The number of carbonyl (C=O) groups is 1. The maximum Gasteiger partial charge on any atom is 0.222 e. The lowest BCUT2D eigenvalue weighted by molar-refractivity contribution is -0.133. The minimum Gasteiger partial charge on any atom is -0.488 e. The SMILES string of the molecule is CN1CCN(C(=O)CCC(C)(c2ccc(Oc3ccc(S(=O)(=O)c4ccc(OC(C)(C)C)cc4)cc3)cc2)c2ccc(C(C)(C)C)cc2)CC1. The summed E-state index contributed by atoms with van der Waals surface area (Å²) in [5.74, 6) is 1.98. The van der Waals surface area contributed by atoms with Crippen molar-refractivity contribution in [3.63, 3.8) is 0 Å². The first-order valence-corrected chi connectivity index (χ1v) is 18.9. The molecule has 0 spiro atoms. The maximum absolute atomic E-state index is 13.3. The normalized spacial score (nSPS) is 15.7. The van der Waals surface area contributed by atoms with Gasteiger partial charge < -0.3 is 19.3 Å². The summed E-state index contributed by atoms with van der Waals surface area (Å²) in [7, 11) is -1.61. The van der Waals surface area contributed by atoms with Crippen molar-refractivity contribution in [3.8, 4) is 17.2 Å². The van der Waals surface area contributed by atoms with Gasteiger partial charge in [-0.2, -0.15) is 0 Å². The number of rotatable bonds is 10. The molecule has 266 valence electrons. The third kappa shape index (κ3) is 8.95. The number of nitrogens with zero attached hydrogens (tertiary/aromatic N) is 2. The molecule has 1 heterocycles. The van der Waals surface area contributed by atoms with Gasteiger partial charge in [0.05, 0.1) is 9.79 Å². The second-order valence-corrected chi connectivity index (χ2v) is 17.6. The molecule has 5 rings (SSSR count). The van der Waals surface area contributed by atoms with Crippen LogP contribution in [-0.4, -0.2) is 63.0 Å². The minimum absolute atomic E-state index is 0.0423. The Hall–Kier alpha value is -4.14. The minimum atomic E-state index is -3.71. The van der Waals surface area contributed by atoms with Crippen molar-refractivity contribution in [2.45, 2.75) is 87.5 Å². The van der Waals surface area contributed by atoms with Gasteiger partial charge >= 0.3 is 0 Å².